The molecule has 9 heteroatoms. The van der Waals surface area contributed by atoms with Crippen molar-refractivity contribution in [2.75, 3.05) is 6.61 Å². The van der Waals surface area contributed by atoms with Gasteiger partial charge in [0.15, 0.2) is 5.65 Å². The maximum Gasteiger partial charge on any atom is 0.387 e. The highest BCUT2D eigenvalue weighted by atomic mass is 19.3. The smallest absolute Gasteiger partial charge is 0.387 e. The van der Waals surface area contributed by atoms with E-state index >= 15 is 0 Å². The number of alkyl halides is 2. The Morgan fingerprint density at radius 1 is 1.36 bits per heavy atom. The van der Waals surface area contributed by atoms with Crippen molar-refractivity contribution in [1.29, 1.82) is 0 Å². The van der Waals surface area contributed by atoms with E-state index in [1.807, 2.05) is 0 Å². The normalized spacial score (nSPS) is 11.3. The number of fused-ring (bicyclic) bond motifs is 3. The standard InChI is InChI=1S/C13H10F2N4O3/c1-2-21-12(20)8-6-16-19-10-5-7(22-13(14)15)3-4-9(10)17-18-11(8)19/h3-6,13H,2H2,1H3. The van der Waals surface area contributed by atoms with E-state index in [2.05, 4.69) is 20.0 Å². The molecular weight excluding hydrogens is 298 g/mol. The van der Waals surface area contributed by atoms with Crippen LogP contribution in [-0.4, -0.2) is 39.0 Å². The maximum atomic E-state index is 12.3. The van der Waals surface area contributed by atoms with E-state index in [0.29, 0.717) is 11.0 Å². The Balaban J connectivity index is 2.15. The van der Waals surface area contributed by atoms with Crippen molar-refractivity contribution < 1.29 is 23.0 Å². The van der Waals surface area contributed by atoms with Gasteiger partial charge in [-0.05, 0) is 19.1 Å². The van der Waals surface area contributed by atoms with Crippen LogP contribution in [0.15, 0.2) is 24.4 Å². The Hall–Kier alpha value is -2.84. The Bertz CT molecular complexity index is 850. The van der Waals surface area contributed by atoms with E-state index in [0.717, 1.165) is 0 Å². The molecule has 0 aliphatic heterocycles. The van der Waals surface area contributed by atoms with Crippen LogP contribution in [0.4, 0.5) is 8.78 Å². The molecule has 2 heterocycles. The van der Waals surface area contributed by atoms with Crippen molar-refractivity contribution in [3.8, 4) is 5.75 Å². The molecule has 22 heavy (non-hydrogen) atoms. The van der Waals surface area contributed by atoms with Crippen molar-refractivity contribution in [1.82, 2.24) is 19.8 Å². The van der Waals surface area contributed by atoms with E-state index in [-0.39, 0.29) is 23.6 Å². The highest BCUT2D eigenvalue weighted by molar-refractivity contribution is 5.96. The number of hydrogen-bond donors (Lipinski definition) is 0. The third-order valence-electron chi connectivity index (χ3n) is 2.89. The van der Waals surface area contributed by atoms with Gasteiger partial charge in [0, 0.05) is 6.07 Å². The molecule has 0 aliphatic rings. The van der Waals surface area contributed by atoms with Crippen LogP contribution in [-0.2, 0) is 4.74 Å². The third-order valence-corrected chi connectivity index (χ3v) is 2.89. The van der Waals surface area contributed by atoms with Gasteiger partial charge in [-0.15, -0.1) is 10.2 Å². The summed E-state index contributed by atoms with van der Waals surface area (Å²) >= 11 is 0. The lowest BCUT2D eigenvalue weighted by atomic mass is 10.3. The molecule has 3 aromatic rings. The van der Waals surface area contributed by atoms with Gasteiger partial charge in [0.05, 0.1) is 18.3 Å². The lowest BCUT2D eigenvalue weighted by Gasteiger charge is -2.06. The molecule has 0 atom stereocenters. The van der Waals surface area contributed by atoms with Crippen molar-refractivity contribution in [3.05, 3.63) is 30.0 Å². The van der Waals surface area contributed by atoms with Crippen molar-refractivity contribution >= 4 is 22.6 Å². The van der Waals surface area contributed by atoms with Crippen LogP contribution in [0.3, 0.4) is 0 Å². The number of esters is 1. The molecule has 0 aliphatic carbocycles. The number of hydrogen-bond acceptors (Lipinski definition) is 6. The summed E-state index contributed by atoms with van der Waals surface area (Å²) in [6, 6.07) is 4.18. The SMILES string of the molecule is CCOC(=O)c1cnn2c1nnc1ccc(OC(F)F)cc12. The van der Waals surface area contributed by atoms with E-state index < -0.39 is 12.6 Å². The van der Waals surface area contributed by atoms with Gasteiger partial charge in [0.2, 0.25) is 0 Å². The number of ether oxygens (including phenoxy) is 2. The largest absolute Gasteiger partial charge is 0.462 e. The van der Waals surface area contributed by atoms with Crippen LogP contribution in [0, 0.1) is 0 Å². The number of nitrogens with zero attached hydrogens (tertiary/aromatic N) is 4. The first-order valence-electron chi connectivity index (χ1n) is 6.36. The number of carbonyl (C=O) groups is 1. The van der Waals surface area contributed by atoms with Crippen LogP contribution in [0.25, 0.3) is 16.7 Å². The summed E-state index contributed by atoms with van der Waals surface area (Å²) in [5.41, 5.74) is 1.14. The summed E-state index contributed by atoms with van der Waals surface area (Å²) in [5.74, 6) is -0.615. The minimum Gasteiger partial charge on any atom is -0.462 e. The van der Waals surface area contributed by atoms with Gasteiger partial charge in [0.1, 0.15) is 16.8 Å². The topological polar surface area (TPSA) is 78.6 Å². The Labute approximate surface area is 122 Å². The van der Waals surface area contributed by atoms with Gasteiger partial charge < -0.3 is 9.47 Å². The lowest BCUT2D eigenvalue weighted by molar-refractivity contribution is -0.0497. The first-order chi connectivity index (χ1) is 10.6. The van der Waals surface area contributed by atoms with E-state index in [1.54, 1.807) is 6.92 Å². The van der Waals surface area contributed by atoms with Gasteiger partial charge in [-0.25, -0.2) is 9.31 Å². The lowest BCUT2D eigenvalue weighted by Crippen LogP contribution is -2.06. The molecule has 0 N–H and O–H groups in total. The second kappa shape index (κ2) is 5.51. The van der Waals surface area contributed by atoms with Gasteiger partial charge in [-0.2, -0.15) is 13.9 Å². The molecule has 0 fully saturated rings. The van der Waals surface area contributed by atoms with Crippen LogP contribution >= 0.6 is 0 Å². The molecule has 0 radical (unpaired) electrons. The summed E-state index contributed by atoms with van der Waals surface area (Å²) in [5, 5.41) is 11.9. The van der Waals surface area contributed by atoms with Crippen LogP contribution in [0.2, 0.25) is 0 Å². The molecule has 114 valence electrons. The Kier molecular flexibility index (Phi) is 3.53. The summed E-state index contributed by atoms with van der Waals surface area (Å²) < 4.78 is 35.2. The second-order valence-electron chi connectivity index (χ2n) is 4.24. The average molecular weight is 308 g/mol. The highest BCUT2D eigenvalue weighted by Crippen LogP contribution is 2.22. The molecule has 0 spiro atoms. The average Bonchev–Trinajstić information content (AvgIpc) is 2.91. The van der Waals surface area contributed by atoms with E-state index in [9.17, 15) is 13.6 Å². The zero-order chi connectivity index (χ0) is 15.7. The van der Waals surface area contributed by atoms with Crippen LogP contribution in [0.5, 0.6) is 5.75 Å². The van der Waals surface area contributed by atoms with Gasteiger partial charge in [-0.3, -0.25) is 0 Å². The number of carbonyl (C=O) groups excluding carboxylic acids is 1. The molecule has 7 nitrogen and oxygen atoms in total. The fourth-order valence-electron chi connectivity index (χ4n) is 2.00. The van der Waals surface area contributed by atoms with Crippen molar-refractivity contribution in [2.24, 2.45) is 0 Å². The second-order valence-corrected chi connectivity index (χ2v) is 4.24. The van der Waals surface area contributed by atoms with Crippen molar-refractivity contribution in [2.45, 2.75) is 13.5 Å². The molecule has 3 rings (SSSR count). The van der Waals surface area contributed by atoms with Crippen LogP contribution < -0.4 is 4.74 Å². The van der Waals surface area contributed by atoms with Gasteiger partial charge in [-0.1, -0.05) is 0 Å². The third kappa shape index (κ3) is 2.41. The number of rotatable bonds is 4. The summed E-state index contributed by atoms with van der Waals surface area (Å²) in [4.78, 5) is 11.8. The summed E-state index contributed by atoms with van der Waals surface area (Å²) in [6.45, 7) is -1.04. The van der Waals surface area contributed by atoms with E-state index in [4.69, 9.17) is 4.74 Å². The minimum atomic E-state index is -2.93. The molecular formula is C13H10F2N4O3. The Morgan fingerprint density at radius 2 is 2.18 bits per heavy atom. The summed E-state index contributed by atoms with van der Waals surface area (Å²) in [6.07, 6.45) is 1.29. The first-order valence-corrected chi connectivity index (χ1v) is 6.36. The van der Waals surface area contributed by atoms with Gasteiger partial charge >= 0.3 is 12.6 Å². The van der Waals surface area contributed by atoms with Crippen molar-refractivity contribution in [3.63, 3.8) is 0 Å². The fraction of sp³-hybridized carbons (Fsp3) is 0.231. The molecule has 1 aromatic carbocycles. The number of halogens is 2. The van der Waals surface area contributed by atoms with Crippen LogP contribution in [0.1, 0.15) is 17.3 Å². The predicted molar refractivity (Wildman–Crippen MR) is 70.9 cm³/mol. The molecule has 0 amide bonds. The highest BCUT2D eigenvalue weighted by Gasteiger charge is 2.17. The molecule has 0 saturated heterocycles. The quantitative estimate of drug-likeness (QED) is 0.686. The van der Waals surface area contributed by atoms with Gasteiger partial charge in [0.25, 0.3) is 0 Å². The number of benzene rings is 1. The molecule has 0 unspecified atom stereocenters. The molecule has 2 aromatic heterocycles. The first kappa shape index (κ1) is 14.1. The monoisotopic (exact) mass is 308 g/mol. The fourth-order valence-corrected chi connectivity index (χ4v) is 2.00. The maximum absolute atomic E-state index is 12.3. The predicted octanol–water partition coefficient (Wildman–Crippen LogP) is 2.06. The minimum absolute atomic E-state index is 0.0371. The molecule has 0 saturated carbocycles. The number of aromatic nitrogens is 4. The zero-order valence-electron chi connectivity index (χ0n) is 11.4. The van der Waals surface area contributed by atoms with E-state index in [1.165, 1.54) is 28.9 Å². The zero-order valence-corrected chi connectivity index (χ0v) is 11.4. The summed E-state index contributed by atoms with van der Waals surface area (Å²) in [7, 11) is 0. The Morgan fingerprint density at radius 3 is 2.91 bits per heavy atom. The molecule has 0 bridgehead atoms.